The Balaban J connectivity index is 1.53. The van der Waals surface area contributed by atoms with E-state index in [4.69, 9.17) is 4.74 Å². The van der Waals surface area contributed by atoms with Crippen molar-refractivity contribution in [3.63, 3.8) is 0 Å². The van der Waals surface area contributed by atoms with Crippen molar-refractivity contribution in [1.82, 2.24) is 0 Å². The molecule has 1 nitrogen and oxygen atoms in total. The van der Waals surface area contributed by atoms with Crippen LogP contribution in [0.1, 0.15) is 16.7 Å². The summed E-state index contributed by atoms with van der Waals surface area (Å²) >= 11 is 0. The van der Waals surface area contributed by atoms with Crippen LogP contribution in [0.3, 0.4) is 0 Å². The topological polar surface area (TPSA) is 9.23 Å². The van der Waals surface area contributed by atoms with Crippen molar-refractivity contribution in [2.75, 3.05) is 0 Å². The van der Waals surface area contributed by atoms with Gasteiger partial charge in [-0.25, -0.2) is 0 Å². The molecule has 0 aliphatic heterocycles. The van der Waals surface area contributed by atoms with E-state index in [0.29, 0.717) is 15.2 Å². The van der Waals surface area contributed by atoms with Gasteiger partial charge in [-0.1, -0.05) is 114 Å². The number of hydrogen-bond donors (Lipinski definition) is 0. The molecular formula is C27H26OP2. The summed E-state index contributed by atoms with van der Waals surface area (Å²) in [6.07, 6.45) is 1.08. The number of benzene rings is 4. The van der Waals surface area contributed by atoms with E-state index in [1.807, 2.05) is 6.07 Å². The Bertz CT molecular complexity index is 1080. The fraction of sp³-hybridized carbons (Fsp3) is 0.111. The Kier molecular flexibility index (Phi) is 7.30. The first-order valence-corrected chi connectivity index (χ1v) is 12.4. The lowest BCUT2D eigenvalue weighted by atomic mass is 10.1. The summed E-state index contributed by atoms with van der Waals surface area (Å²) in [7, 11) is 1.37. The summed E-state index contributed by atoms with van der Waals surface area (Å²) < 4.78 is 6.21. The van der Waals surface area contributed by atoms with E-state index < -0.39 is 0 Å². The molecular weight excluding hydrogens is 402 g/mol. The van der Waals surface area contributed by atoms with Crippen molar-refractivity contribution in [2.24, 2.45) is 0 Å². The van der Waals surface area contributed by atoms with Crippen LogP contribution >= 0.6 is 17.2 Å². The van der Waals surface area contributed by atoms with Crippen LogP contribution in [0, 0.1) is 6.92 Å². The molecule has 4 aromatic rings. The highest BCUT2D eigenvalue weighted by Crippen LogP contribution is 2.26. The highest BCUT2D eigenvalue weighted by atomic mass is 31.1. The largest absolute Gasteiger partial charge is 0.488 e. The molecule has 2 unspecified atom stereocenters. The summed E-state index contributed by atoms with van der Waals surface area (Å²) in [6, 6.07) is 36.3. The van der Waals surface area contributed by atoms with E-state index in [1.165, 1.54) is 32.6 Å². The molecule has 0 aliphatic rings. The van der Waals surface area contributed by atoms with Gasteiger partial charge in [0, 0.05) is 5.30 Å². The molecule has 150 valence electrons. The maximum atomic E-state index is 6.21. The first-order chi connectivity index (χ1) is 14.8. The van der Waals surface area contributed by atoms with E-state index >= 15 is 0 Å². The average molecular weight is 428 g/mol. The van der Waals surface area contributed by atoms with Crippen molar-refractivity contribution in [3.8, 4) is 5.75 Å². The van der Waals surface area contributed by atoms with Crippen LogP contribution in [0.2, 0.25) is 0 Å². The molecule has 0 aliphatic carbocycles. The lowest BCUT2D eigenvalue weighted by Gasteiger charge is -2.16. The number of para-hydroxylation sites is 1. The standard InChI is InChI=1S/C27H26OP2/c1-21-11-10-14-23(20-29-24-15-6-3-7-16-24)27(21)30-26-18-9-8-17-25(26)28-19-22-12-4-2-5-13-22/h2-18,29-30H,19-20H2,1H3. The minimum absolute atomic E-state index is 0.588. The monoisotopic (exact) mass is 428 g/mol. The van der Waals surface area contributed by atoms with E-state index in [0.717, 1.165) is 20.5 Å². The van der Waals surface area contributed by atoms with Crippen molar-refractivity contribution >= 4 is 33.1 Å². The fourth-order valence-corrected chi connectivity index (χ4v) is 6.01. The van der Waals surface area contributed by atoms with Gasteiger partial charge in [0.1, 0.15) is 12.4 Å². The van der Waals surface area contributed by atoms with Gasteiger partial charge in [0.05, 0.1) is 0 Å². The van der Waals surface area contributed by atoms with Crippen LogP contribution in [-0.4, -0.2) is 0 Å². The highest BCUT2D eigenvalue weighted by Gasteiger charge is 2.11. The third-order valence-electron chi connectivity index (χ3n) is 5.00. The second kappa shape index (κ2) is 10.5. The summed E-state index contributed by atoms with van der Waals surface area (Å²) in [5, 5.41) is 4.14. The third kappa shape index (κ3) is 5.57. The van der Waals surface area contributed by atoms with Crippen molar-refractivity contribution in [3.05, 3.63) is 120 Å². The zero-order valence-corrected chi connectivity index (χ0v) is 19.1. The van der Waals surface area contributed by atoms with Gasteiger partial charge >= 0.3 is 0 Å². The van der Waals surface area contributed by atoms with Gasteiger partial charge in [0.15, 0.2) is 0 Å². The second-order valence-corrected chi connectivity index (χ2v) is 9.80. The van der Waals surface area contributed by atoms with Gasteiger partial charge in [-0.3, -0.25) is 0 Å². The number of aryl methyl sites for hydroxylation is 1. The number of ether oxygens (including phenoxy) is 1. The normalized spacial score (nSPS) is 11.5. The zero-order chi connectivity index (χ0) is 20.6. The molecule has 0 bridgehead atoms. The minimum Gasteiger partial charge on any atom is -0.488 e. The molecule has 0 saturated carbocycles. The predicted molar refractivity (Wildman–Crippen MR) is 134 cm³/mol. The van der Waals surface area contributed by atoms with Gasteiger partial charge < -0.3 is 4.74 Å². The fourth-order valence-electron chi connectivity index (χ4n) is 3.37. The molecule has 3 heteroatoms. The lowest BCUT2D eigenvalue weighted by Crippen LogP contribution is -2.14. The Morgan fingerprint density at radius 3 is 2.20 bits per heavy atom. The quantitative estimate of drug-likeness (QED) is 0.327. The summed E-state index contributed by atoms with van der Waals surface area (Å²) in [4.78, 5) is 0. The van der Waals surface area contributed by atoms with Crippen molar-refractivity contribution in [2.45, 2.75) is 19.7 Å². The molecule has 0 N–H and O–H groups in total. The van der Waals surface area contributed by atoms with Gasteiger partial charge in [-0.2, -0.15) is 0 Å². The third-order valence-corrected chi connectivity index (χ3v) is 7.95. The first-order valence-electron chi connectivity index (χ1n) is 10.2. The Morgan fingerprint density at radius 1 is 0.700 bits per heavy atom. The van der Waals surface area contributed by atoms with Crippen LogP contribution in [0.15, 0.2) is 103 Å². The maximum Gasteiger partial charge on any atom is 0.127 e. The van der Waals surface area contributed by atoms with Gasteiger partial charge in [-0.05, 0) is 46.5 Å². The van der Waals surface area contributed by atoms with Gasteiger partial charge in [-0.15, -0.1) is 0 Å². The Labute approximate surface area is 183 Å². The Hall–Kier alpha value is -2.46. The summed E-state index contributed by atoms with van der Waals surface area (Å²) in [6.45, 7) is 2.82. The molecule has 0 amide bonds. The van der Waals surface area contributed by atoms with E-state index in [9.17, 15) is 0 Å². The van der Waals surface area contributed by atoms with Crippen LogP contribution in [0.25, 0.3) is 0 Å². The van der Waals surface area contributed by atoms with E-state index in [1.54, 1.807) is 0 Å². The summed E-state index contributed by atoms with van der Waals surface area (Å²) in [5.74, 6) is 0.986. The van der Waals surface area contributed by atoms with Gasteiger partial charge in [0.25, 0.3) is 0 Å². The molecule has 0 saturated heterocycles. The second-order valence-electron chi connectivity index (χ2n) is 7.22. The predicted octanol–water partition coefficient (Wildman–Crippen LogP) is 5.71. The molecule has 4 aromatic carbocycles. The summed E-state index contributed by atoms with van der Waals surface area (Å²) in [5.41, 5.74) is 4.01. The molecule has 0 fully saturated rings. The molecule has 0 radical (unpaired) electrons. The number of rotatable bonds is 8. The van der Waals surface area contributed by atoms with Crippen LogP contribution < -0.4 is 20.7 Å². The molecule has 4 rings (SSSR count). The Morgan fingerprint density at radius 2 is 1.40 bits per heavy atom. The maximum absolute atomic E-state index is 6.21. The van der Waals surface area contributed by atoms with Crippen LogP contribution in [0.5, 0.6) is 5.75 Å². The minimum atomic E-state index is 0.588. The van der Waals surface area contributed by atoms with Crippen molar-refractivity contribution in [1.29, 1.82) is 0 Å². The highest BCUT2D eigenvalue weighted by molar-refractivity contribution is 7.56. The van der Waals surface area contributed by atoms with Crippen molar-refractivity contribution < 1.29 is 4.74 Å². The van der Waals surface area contributed by atoms with Crippen LogP contribution in [-0.2, 0) is 12.8 Å². The smallest absolute Gasteiger partial charge is 0.127 e. The molecule has 0 heterocycles. The van der Waals surface area contributed by atoms with E-state index in [2.05, 4.69) is 104 Å². The number of hydrogen-bond acceptors (Lipinski definition) is 1. The first kappa shape index (κ1) is 20.8. The van der Waals surface area contributed by atoms with Gasteiger partial charge in [0.2, 0.25) is 0 Å². The average Bonchev–Trinajstić information content (AvgIpc) is 2.80. The molecule has 0 aromatic heterocycles. The molecule has 0 spiro atoms. The molecule has 30 heavy (non-hydrogen) atoms. The molecule has 2 atom stereocenters. The SMILES string of the molecule is Cc1cccc(CPc2ccccc2)c1Pc1ccccc1OCc1ccccc1. The van der Waals surface area contributed by atoms with Crippen LogP contribution in [0.4, 0.5) is 0 Å². The zero-order valence-electron chi connectivity index (χ0n) is 17.1. The van der Waals surface area contributed by atoms with E-state index in [-0.39, 0.29) is 0 Å². The lowest BCUT2D eigenvalue weighted by molar-refractivity contribution is 0.309.